The molecule has 0 saturated heterocycles. The fraction of sp³-hybridized carbons (Fsp3) is 0.250. The number of anilines is 1. The van der Waals surface area contributed by atoms with Crippen molar-refractivity contribution in [2.24, 2.45) is 0 Å². The smallest absolute Gasteiger partial charge is 0.384 e. The van der Waals surface area contributed by atoms with Crippen molar-refractivity contribution in [3.8, 4) is 0 Å². The SMILES string of the molecule is Nc1[nH]ncc1C(F)(F)F. The van der Waals surface area contributed by atoms with Crippen LogP contribution >= 0.6 is 0 Å². The van der Waals surface area contributed by atoms with Gasteiger partial charge in [0.05, 0.1) is 6.20 Å². The highest BCUT2D eigenvalue weighted by Gasteiger charge is 2.34. The Bertz CT molecular complexity index is 226. The van der Waals surface area contributed by atoms with Crippen molar-refractivity contribution in [2.75, 3.05) is 5.73 Å². The summed E-state index contributed by atoms with van der Waals surface area (Å²) >= 11 is 0. The second kappa shape index (κ2) is 1.89. The van der Waals surface area contributed by atoms with Crippen LogP contribution < -0.4 is 5.73 Å². The van der Waals surface area contributed by atoms with Gasteiger partial charge in [-0.25, -0.2) is 0 Å². The molecule has 1 aromatic heterocycles. The van der Waals surface area contributed by atoms with E-state index < -0.39 is 17.6 Å². The molecule has 0 aliphatic rings. The number of aromatic amines is 1. The van der Waals surface area contributed by atoms with Gasteiger partial charge in [-0.05, 0) is 0 Å². The quantitative estimate of drug-likeness (QED) is 0.581. The summed E-state index contributed by atoms with van der Waals surface area (Å²) in [5, 5.41) is 5.10. The van der Waals surface area contributed by atoms with E-state index in [9.17, 15) is 13.2 Å². The third-order valence-corrected chi connectivity index (χ3v) is 0.974. The summed E-state index contributed by atoms with van der Waals surface area (Å²) < 4.78 is 35.2. The highest BCUT2D eigenvalue weighted by Crippen LogP contribution is 2.31. The molecule has 0 aromatic carbocycles. The first-order valence-electron chi connectivity index (χ1n) is 2.38. The van der Waals surface area contributed by atoms with Gasteiger partial charge in [-0.3, -0.25) is 5.10 Å². The van der Waals surface area contributed by atoms with Gasteiger partial charge < -0.3 is 5.73 Å². The molecule has 3 N–H and O–H groups in total. The van der Waals surface area contributed by atoms with E-state index in [2.05, 4.69) is 5.10 Å². The van der Waals surface area contributed by atoms with Crippen LogP contribution in [0.4, 0.5) is 19.0 Å². The molecule has 0 atom stereocenters. The average Bonchev–Trinajstić information content (AvgIpc) is 2.11. The number of nitrogens with zero attached hydrogens (tertiary/aromatic N) is 1. The Hall–Kier alpha value is -1.20. The third-order valence-electron chi connectivity index (χ3n) is 0.974. The molecule has 0 radical (unpaired) electrons. The number of halogens is 3. The Morgan fingerprint density at radius 3 is 2.30 bits per heavy atom. The number of alkyl halides is 3. The summed E-state index contributed by atoms with van der Waals surface area (Å²) in [6, 6.07) is 0. The maximum Gasteiger partial charge on any atom is 0.421 e. The maximum absolute atomic E-state index is 11.7. The first-order chi connectivity index (χ1) is 4.52. The van der Waals surface area contributed by atoms with E-state index >= 15 is 0 Å². The fourth-order valence-corrected chi connectivity index (χ4v) is 0.522. The largest absolute Gasteiger partial charge is 0.421 e. The molecule has 0 amide bonds. The van der Waals surface area contributed by atoms with E-state index in [-0.39, 0.29) is 0 Å². The normalized spacial score (nSPS) is 11.9. The van der Waals surface area contributed by atoms with Crippen LogP contribution in [-0.2, 0) is 6.18 Å². The maximum atomic E-state index is 11.7. The zero-order valence-corrected chi connectivity index (χ0v) is 4.74. The molecule has 1 heterocycles. The van der Waals surface area contributed by atoms with Crippen molar-refractivity contribution in [2.45, 2.75) is 6.18 Å². The Morgan fingerprint density at radius 2 is 2.10 bits per heavy atom. The van der Waals surface area contributed by atoms with E-state index in [1.165, 1.54) is 0 Å². The van der Waals surface area contributed by atoms with Crippen LogP contribution in [0, 0.1) is 0 Å². The minimum atomic E-state index is -4.41. The Balaban J connectivity index is 3.05. The molecule has 10 heavy (non-hydrogen) atoms. The lowest BCUT2D eigenvalue weighted by atomic mass is 10.3. The van der Waals surface area contributed by atoms with Gasteiger partial charge in [0.25, 0.3) is 0 Å². The van der Waals surface area contributed by atoms with Crippen LogP contribution in [0.25, 0.3) is 0 Å². The molecule has 0 unspecified atom stereocenters. The van der Waals surface area contributed by atoms with Crippen LogP contribution in [0.2, 0.25) is 0 Å². The molecular formula is C4H4F3N3. The van der Waals surface area contributed by atoms with Crippen LogP contribution in [-0.4, -0.2) is 10.2 Å². The molecule has 0 aliphatic carbocycles. The molecule has 0 aliphatic heterocycles. The summed E-state index contributed by atoms with van der Waals surface area (Å²) in [5.41, 5.74) is 3.97. The zero-order chi connectivity index (χ0) is 7.78. The van der Waals surface area contributed by atoms with Gasteiger partial charge in [0.2, 0.25) is 0 Å². The number of hydrogen-bond acceptors (Lipinski definition) is 2. The highest BCUT2D eigenvalue weighted by atomic mass is 19.4. The number of nitrogens with one attached hydrogen (secondary N) is 1. The Kier molecular flexibility index (Phi) is 1.31. The third kappa shape index (κ3) is 1.04. The van der Waals surface area contributed by atoms with Gasteiger partial charge in [0, 0.05) is 0 Å². The summed E-state index contributed by atoms with van der Waals surface area (Å²) in [7, 11) is 0. The van der Waals surface area contributed by atoms with Crippen molar-refractivity contribution >= 4 is 5.82 Å². The predicted octanol–water partition coefficient (Wildman–Crippen LogP) is 1.01. The number of aromatic nitrogens is 2. The lowest BCUT2D eigenvalue weighted by Crippen LogP contribution is -2.06. The van der Waals surface area contributed by atoms with E-state index in [1.807, 2.05) is 5.10 Å². The van der Waals surface area contributed by atoms with E-state index in [1.54, 1.807) is 0 Å². The first kappa shape index (κ1) is 6.91. The van der Waals surface area contributed by atoms with Crippen molar-refractivity contribution < 1.29 is 13.2 Å². The molecule has 0 spiro atoms. The minimum absolute atomic E-state index is 0.451. The molecule has 1 aromatic rings. The minimum Gasteiger partial charge on any atom is -0.384 e. The van der Waals surface area contributed by atoms with Gasteiger partial charge in [0.1, 0.15) is 11.4 Å². The lowest BCUT2D eigenvalue weighted by molar-refractivity contribution is -0.136. The Morgan fingerprint density at radius 1 is 1.50 bits per heavy atom. The summed E-state index contributed by atoms with van der Waals surface area (Å²) in [6.07, 6.45) is -3.76. The number of nitrogen functional groups attached to an aromatic ring is 1. The van der Waals surface area contributed by atoms with Gasteiger partial charge in [-0.15, -0.1) is 0 Å². The second-order valence-corrected chi connectivity index (χ2v) is 1.70. The Labute approximate surface area is 54.0 Å². The van der Waals surface area contributed by atoms with Crippen molar-refractivity contribution in [1.82, 2.24) is 10.2 Å². The van der Waals surface area contributed by atoms with Crippen molar-refractivity contribution in [3.05, 3.63) is 11.8 Å². The van der Waals surface area contributed by atoms with Crippen LogP contribution in [0.1, 0.15) is 5.56 Å². The molecule has 0 fully saturated rings. The molecule has 3 nitrogen and oxygen atoms in total. The summed E-state index contributed by atoms with van der Waals surface area (Å²) in [5.74, 6) is -0.451. The van der Waals surface area contributed by atoms with Gasteiger partial charge >= 0.3 is 6.18 Å². The standard InChI is InChI=1S/C4H4F3N3/c5-4(6,7)2-1-9-10-3(2)8/h1H,(H3,8,9,10). The van der Waals surface area contributed by atoms with Gasteiger partial charge in [-0.2, -0.15) is 18.3 Å². The van der Waals surface area contributed by atoms with Crippen LogP contribution in [0.5, 0.6) is 0 Å². The summed E-state index contributed by atoms with van der Waals surface area (Å²) in [6.45, 7) is 0. The number of H-pyrrole nitrogens is 1. The zero-order valence-electron chi connectivity index (χ0n) is 4.74. The van der Waals surface area contributed by atoms with E-state index in [4.69, 9.17) is 5.73 Å². The topological polar surface area (TPSA) is 54.7 Å². The fourth-order valence-electron chi connectivity index (χ4n) is 0.522. The predicted molar refractivity (Wildman–Crippen MR) is 28.0 cm³/mol. The van der Waals surface area contributed by atoms with Gasteiger partial charge in [0.15, 0.2) is 0 Å². The van der Waals surface area contributed by atoms with Crippen LogP contribution in [0.15, 0.2) is 6.20 Å². The monoisotopic (exact) mass is 151 g/mol. The molecule has 0 saturated carbocycles. The lowest BCUT2D eigenvalue weighted by Gasteiger charge is -2.01. The molecule has 56 valence electrons. The molecule has 1 rings (SSSR count). The second-order valence-electron chi connectivity index (χ2n) is 1.70. The summed E-state index contributed by atoms with van der Waals surface area (Å²) in [4.78, 5) is 0. The molecule has 6 heteroatoms. The van der Waals surface area contributed by atoms with Crippen molar-refractivity contribution in [1.29, 1.82) is 0 Å². The number of nitrogens with two attached hydrogens (primary N) is 1. The molecule has 0 bridgehead atoms. The van der Waals surface area contributed by atoms with Gasteiger partial charge in [-0.1, -0.05) is 0 Å². The van der Waals surface area contributed by atoms with E-state index in [0.717, 1.165) is 0 Å². The molecular weight excluding hydrogens is 147 g/mol. The average molecular weight is 151 g/mol. The highest BCUT2D eigenvalue weighted by molar-refractivity contribution is 5.38. The van der Waals surface area contributed by atoms with Crippen molar-refractivity contribution in [3.63, 3.8) is 0 Å². The number of hydrogen-bond donors (Lipinski definition) is 2. The van der Waals surface area contributed by atoms with Crippen LogP contribution in [0.3, 0.4) is 0 Å². The first-order valence-corrected chi connectivity index (χ1v) is 2.38. The van der Waals surface area contributed by atoms with E-state index in [0.29, 0.717) is 6.20 Å². The number of rotatable bonds is 0.